The Kier molecular flexibility index (Phi) is 5.12. The largest absolute Gasteiger partial charge is 0.318 e. The molecule has 0 saturated carbocycles. The van der Waals surface area contributed by atoms with Gasteiger partial charge in [0.15, 0.2) is 17.3 Å². The van der Waals surface area contributed by atoms with Gasteiger partial charge in [0, 0.05) is 17.8 Å². The lowest BCUT2D eigenvalue weighted by atomic mass is 9.96. The van der Waals surface area contributed by atoms with Crippen LogP contribution in [0.15, 0.2) is 55.2 Å². The third kappa shape index (κ3) is 4.37. The average Bonchev–Trinajstić information content (AvgIpc) is 3.21. The number of benzene rings is 1. The third-order valence-electron chi connectivity index (χ3n) is 4.34. The molecule has 3 heterocycles. The highest BCUT2D eigenvalue weighted by molar-refractivity contribution is 6.08. The molecule has 0 bridgehead atoms. The van der Waals surface area contributed by atoms with Crippen molar-refractivity contribution in [1.82, 2.24) is 29.7 Å². The maximum atomic E-state index is 12.8. The quantitative estimate of drug-likeness (QED) is 0.523. The van der Waals surface area contributed by atoms with Gasteiger partial charge in [0.2, 0.25) is 5.91 Å². The molecule has 0 unspecified atom stereocenters. The Hall–Kier alpha value is -4.21. The number of aromatic nitrogens is 6. The maximum absolute atomic E-state index is 12.8. The summed E-state index contributed by atoms with van der Waals surface area (Å²) >= 11 is 0. The summed E-state index contributed by atoms with van der Waals surface area (Å²) in [6, 6.07) is 7.51. The Balaban J connectivity index is 1.54. The van der Waals surface area contributed by atoms with Gasteiger partial charge in [-0.25, -0.2) is 19.6 Å². The monoisotopic (exact) mass is 416 g/mol. The van der Waals surface area contributed by atoms with Crippen molar-refractivity contribution in [2.24, 2.45) is 5.41 Å². The van der Waals surface area contributed by atoms with Crippen LogP contribution >= 0.6 is 0 Å². The zero-order valence-corrected chi connectivity index (χ0v) is 17.2. The Morgan fingerprint density at radius 1 is 0.935 bits per heavy atom. The number of nitrogens with one attached hydrogen (secondary N) is 2. The average molecular weight is 416 g/mol. The van der Waals surface area contributed by atoms with Crippen LogP contribution in [0.25, 0.3) is 16.9 Å². The summed E-state index contributed by atoms with van der Waals surface area (Å²) in [6.45, 7) is 5.30. The molecule has 4 rings (SSSR count). The van der Waals surface area contributed by atoms with Gasteiger partial charge in [-0.2, -0.15) is 5.10 Å². The number of carbonyl (C=O) groups is 2. The Morgan fingerprint density at radius 3 is 2.45 bits per heavy atom. The van der Waals surface area contributed by atoms with Crippen LogP contribution in [0.1, 0.15) is 31.3 Å². The minimum Gasteiger partial charge on any atom is -0.318 e. The van der Waals surface area contributed by atoms with Gasteiger partial charge in [-0.05, 0) is 12.1 Å². The molecular formula is C21H20N8O2. The molecule has 3 aromatic heterocycles. The lowest BCUT2D eigenvalue weighted by Crippen LogP contribution is -2.29. The first-order valence-corrected chi connectivity index (χ1v) is 9.52. The highest BCUT2D eigenvalue weighted by Gasteiger charge is 2.24. The van der Waals surface area contributed by atoms with Gasteiger partial charge in [-0.3, -0.25) is 14.6 Å². The molecule has 0 aliphatic carbocycles. The minimum absolute atomic E-state index is 0.00153. The van der Waals surface area contributed by atoms with Crippen molar-refractivity contribution < 1.29 is 9.59 Å². The van der Waals surface area contributed by atoms with Gasteiger partial charge in [-0.15, -0.1) is 0 Å². The fourth-order valence-corrected chi connectivity index (χ4v) is 2.65. The first-order chi connectivity index (χ1) is 14.8. The molecule has 156 valence electrons. The predicted octanol–water partition coefficient (Wildman–Crippen LogP) is 2.84. The van der Waals surface area contributed by atoms with Crippen molar-refractivity contribution in [3.63, 3.8) is 0 Å². The normalized spacial score (nSPS) is 11.3. The van der Waals surface area contributed by atoms with Crippen LogP contribution < -0.4 is 10.6 Å². The number of nitrogens with zero attached hydrogens (tertiary/aromatic N) is 6. The summed E-state index contributed by atoms with van der Waals surface area (Å²) in [5.74, 6) is -0.198. The summed E-state index contributed by atoms with van der Waals surface area (Å²) in [5, 5.41) is 9.60. The lowest BCUT2D eigenvalue weighted by Gasteiger charge is -2.18. The number of amides is 2. The SMILES string of the molecule is CC(C)(C)C(=O)Nc1nccnc1C(=O)Nc1cnn(-c2cnc3ccccc3n2)c1. The Morgan fingerprint density at radius 2 is 1.68 bits per heavy atom. The third-order valence-corrected chi connectivity index (χ3v) is 4.34. The highest BCUT2D eigenvalue weighted by Crippen LogP contribution is 2.19. The highest BCUT2D eigenvalue weighted by atomic mass is 16.2. The van der Waals surface area contributed by atoms with Crippen molar-refractivity contribution in [3.05, 3.63) is 60.9 Å². The molecule has 0 fully saturated rings. The molecule has 0 radical (unpaired) electrons. The molecule has 0 spiro atoms. The van der Waals surface area contributed by atoms with Crippen LogP contribution in [0.2, 0.25) is 0 Å². The van der Waals surface area contributed by atoms with Crippen LogP contribution in [-0.4, -0.2) is 41.5 Å². The topological polar surface area (TPSA) is 128 Å². The van der Waals surface area contributed by atoms with Gasteiger partial charge in [0.1, 0.15) is 0 Å². The molecule has 0 atom stereocenters. The number of fused-ring (bicyclic) bond motifs is 1. The van der Waals surface area contributed by atoms with E-state index in [0.717, 1.165) is 11.0 Å². The van der Waals surface area contributed by atoms with Crippen molar-refractivity contribution in [2.45, 2.75) is 20.8 Å². The molecule has 10 nitrogen and oxygen atoms in total. The van der Waals surface area contributed by atoms with Crippen molar-refractivity contribution in [1.29, 1.82) is 0 Å². The Bertz CT molecular complexity index is 1280. The van der Waals surface area contributed by atoms with Crippen LogP contribution in [0.5, 0.6) is 0 Å². The fraction of sp³-hybridized carbons (Fsp3) is 0.190. The van der Waals surface area contributed by atoms with E-state index in [4.69, 9.17) is 0 Å². The van der Waals surface area contributed by atoms with E-state index >= 15 is 0 Å². The summed E-state index contributed by atoms with van der Waals surface area (Å²) in [5.41, 5.74) is 1.30. The van der Waals surface area contributed by atoms with Gasteiger partial charge in [0.25, 0.3) is 5.91 Å². The van der Waals surface area contributed by atoms with Gasteiger partial charge < -0.3 is 10.6 Å². The minimum atomic E-state index is -0.646. The van der Waals surface area contributed by atoms with Gasteiger partial charge >= 0.3 is 0 Å². The van der Waals surface area contributed by atoms with Gasteiger partial charge in [-0.1, -0.05) is 32.9 Å². The van der Waals surface area contributed by atoms with E-state index in [1.54, 1.807) is 33.2 Å². The number of rotatable bonds is 4. The van der Waals surface area contributed by atoms with E-state index in [0.29, 0.717) is 11.5 Å². The van der Waals surface area contributed by atoms with E-state index in [-0.39, 0.29) is 17.4 Å². The predicted molar refractivity (Wildman–Crippen MR) is 115 cm³/mol. The van der Waals surface area contributed by atoms with Crippen molar-refractivity contribution in [3.8, 4) is 5.82 Å². The molecule has 2 amide bonds. The molecule has 0 aliphatic heterocycles. The molecule has 0 saturated heterocycles. The van der Waals surface area contributed by atoms with E-state index in [2.05, 4.69) is 35.7 Å². The van der Waals surface area contributed by atoms with Crippen LogP contribution in [0.3, 0.4) is 0 Å². The van der Waals surface area contributed by atoms with Crippen LogP contribution in [0.4, 0.5) is 11.5 Å². The smallest absolute Gasteiger partial charge is 0.278 e. The van der Waals surface area contributed by atoms with E-state index in [1.807, 2.05) is 24.3 Å². The molecule has 4 aromatic rings. The van der Waals surface area contributed by atoms with E-state index in [1.165, 1.54) is 23.3 Å². The summed E-state index contributed by atoms with van der Waals surface area (Å²) < 4.78 is 1.51. The lowest BCUT2D eigenvalue weighted by molar-refractivity contribution is -0.123. The van der Waals surface area contributed by atoms with Crippen molar-refractivity contribution >= 4 is 34.4 Å². The zero-order valence-electron chi connectivity index (χ0n) is 17.2. The second-order valence-electron chi connectivity index (χ2n) is 7.80. The number of hydrogen-bond acceptors (Lipinski definition) is 7. The number of anilines is 2. The summed E-state index contributed by atoms with van der Waals surface area (Å²) in [6.07, 6.45) is 7.49. The Labute approximate surface area is 177 Å². The van der Waals surface area contributed by atoms with Gasteiger partial charge in [0.05, 0.1) is 35.3 Å². The van der Waals surface area contributed by atoms with Crippen LogP contribution in [-0.2, 0) is 4.79 Å². The molecule has 2 N–H and O–H groups in total. The first-order valence-electron chi connectivity index (χ1n) is 9.52. The molecule has 10 heteroatoms. The maximum Gasteiger partial charge on any atom is 0.278 e. The number of carbonyl (C=O) groups excluding carboxylic acids is 2. The second-order valence-corrected chi connectivity index (χ2v) is 7.80. The standard InChI is InChI=1S/C21H20N8O2/c1-21(2,3)20(31)28-18-17(22-8-9-23-18)19(30)26-13-10-25-29(12-13)16-11-24-14-6-4-5-7-15(14)27-16/h4-12H,1-3H3,(H,26,30)(H,23,28,31). The number of hydrogen-bond donors (Lipinski definition) is 2. The summed E-state index contributed by atoms with van der Waals surface area (Å²) in [4.78, 5) is 42.1. The molecule has 31 heavy (non-hydrogen) atoms. The number of para-hydroxylation sites is 2. The van der Waals surface area contributed by atoms with Crippen LogP contribution in [0, 0.1) is 5.41 Å². The fourth-order valence-electron chi connectivity index (χ4n) is 2.65. The molecule has 0 aliphatic rings. The molecule has 1 aromatic carbocycles. The van der Waals surface area contributed by atoms with E-state index < -0.39 is 11.3 Å². The zero-order chi connectivity index (χ0) is 22.0. The molecular weight excluding hydrogens is 396 g/mol. The first kappa shape index (κ1) is 20.1. The van der Waals surface area contributed by atoms with E-state index in [9.17, 15) is 9.59 Å². The second kappa shape index (κ2) is 7.90. The van der Waals surface area contributed by atoms with Crippen molar-refractivity contribution in [2.75, 3.05) is 10.6 Å². The summed E-state index contributed by atoms with van der Waals surface area (Å²) in [7, 11) is 0.